The van der Waals surface area contributed by atoms with Gasteiger partial charge in [0.1, 0.15) is 18.1 Å². The molecule has 3 rings (SSSR count). The van der Waals surface area contributed by atoms with Crippen LogP contribution in [-0.2, 0) is 36.8 Å². The Morgan fingerprint density at radius 3 is 2.23 bits per heavy atom. The molecule has 1 aromatic carbocycles. The summed E-state index contributed by atoms with van der Waals surface area (Å²) in [6.45, 7) is -0.895. The first-order valence-electron chi connectivity index (χ1n) is 11.9. The predicted octanol–water partition coefficient (Wildman–Crippen LogP) is -2.59. The number of nitrogens with two attached hydrogens (primary N) is 2. The number of carboxylic acids is 1. The first-order chi connectivity index (χ1) is 18.6. The van der Waals surface area contributed by atoms with E-state index in [4.69, 9.17) is 11.5 Å². The molecule has 0 aliphatic rings. The highest BCUT2D eigenvalue weighted by molar-refractivity contribution is 5.95. The second-order valence-corrected chi connectivity index (χ2v) is 8.83. The van der Waals surface area contributed by atoms with Crippen LogP contribution in [0.5, 0.6) is 0 Å². The highest BCUT2D eigenvalue weighted by Crippen LogP contribution is 2.19. The van der Waals surface area contributed by atoms with Gasteiger partial charge < -0.3 is 47.6 Å². The average molecular weight is 543 g/mol. The summed E-state index contributed by atoms with van der Waals surface area (Å²) < 4.78 is 0. The fraction of sp³-hybridized carbons (Fsp3) is 0.333. The second kappa shape index (κ2) is 13.2. The highest BCUT2D eigenvalue weighted by Gasteiger charge is 2.31. The number of hydrogen-bond acceptors (Lipinski definition) is 8. The maximum atomic E-state index is 13.3. The number of aliphatic hydroxyl groups excluding tert-OH is 1. The van der Waals surface area contributed by atoms with Crippen LogP contribution in [0, 0.1) is 0 Å². The van der Waals surface area contributed by atoms with Gasteiger partial charge in [0.15, 0.2) is 0 Å². The minimum atomic E-state index is -1.66. The lowest BCUT2D eigenvalue weighted by Crippen LogP contribution is -2.58. The van der Waals surface area contributed by atoms with Gasteiger partial charge in [-0.1, -0.05) is 18.2 Å². The molecular formula is C24H30N8O7. The van der Waals surface area contributed by atoms with E-state index in [-0.39, 0.29) is 12.8 Å². The molecule has 0 fully saturated rings. The summed E-state index contributed by atoms with van der Waals surface area (Å²) in [5.41, 5.74) is 13.1. The molecule has 0 aliphatic carbocycles. The normalized spacial score (nSPS) is 14.1. The third-order valence-corrected chi connectivity index (χ3v) is 5.90. The minimum absolute atomic E-state index is 0.00242. The van der Waals surface area contributed by atoms with Crippen molar-refractivity contribution in [2.24, 2.45) is 11.5 Å². The van der Waals surface area contributed by atoms with Gasteiger partial charge in [-0.2, -0.15) is 0 Å². The van der Waals surface area contributed by atoms with E-state index >= 15 is 0 Å². The molecule has 4 atom stereocenters. The lowest BCUT2D eigenvalue weighted by atomic mass is 10.0. The van der Waals surface area contributed by atoms with Crippen molar-refractivity contribution in [3.63, 3.8) is 0 Å². The van der Waals surface area contributed by atoms with Gasteiger partial charge in [0, 0.05) is 41.8 Å². The molecule has 0 spiro atoms. The van der Waals surface area contributed by atoms with Crippen molar-refractivity contribution in [2.75, 3.05) is 6.61 Å². The summed E-state index contributed by atoms with van der Waals surface area (Å²) >= 11 is 0. The Kier molecular flexibility index (Phi) is 9.72. The zero-order valence-corrected chi connectivity index (χ0v) is 20.7. The number of para-hydroxylation sites is 1. The second-order valence-electron chi connectivity index (χ2n) is 8.83. The molecule has 15 heteroatoms. The van der Waals surface area contributed by atoms with Crippen molar-refractivity contribution in [2.45, 2.75) is 43.4 Å². The van der Waals surface area contributed by atoms with E-state index in [0.29, 0.717) is 11.3 Å². The molecule has 39 heavy (non-hydrogen) atoms. The van der Waals surface area contributed by atoms with Gasteiger partial charge in [-0.15, -0.1) is 0 Å². The third kappa shape index (κ3) is 7.86. The minimum Gasteiger partial charge on any atom is -0.480 e. The number of benzene rings is 1. The molecule has 2 aromatic heterocycles. The van der Waals surface area contributed by atoms with Gasteiger partial charge in [-0.3, -0.25) is 19.2 Å². The first kappa shape index (κ1) is 28.8. The van der Waals surface area contributed by atoms with E-state index in [2.05, 4.69) is 30.9 Å². The summed E-state index contributed by atoms with van der Waals surface area (Å²) in [4.78, 5) is 71.1. The van der Waals surface area contributed by atoms with Gasteiger partial charge >= 0.3 is 5.97 Å². The number of rotatable bonds is 14. The molecule has 3 aromatic rings. The fourth-order valence-electron chi connectivity index (χ4n) is 3.87. The van der Waals surface area contributed by atoms with E-state index in [1.54, 1.807) is 6.20 Å². The number of aromatic amines is 2. The van der Waals surface area contributed by atoms with Crippen LogP contribution in [0.3, 0.4) is 0 Å². The molecule has 0 saturated carbocycles. The largest absolute Gasteiger partial charge is 0.480 e. The fourth-order valence-corrected chi connectivity index (χ4v) is 3.87. The molecule has 4 unspecified atom stereocenters. The lowest BCUT2D eigenvalue weighted by Gasteiger charge is -2.24. The zero-order chi connectivity index (χ0) is 28.5. The number of aliphatic carboxylic acids is 1. The number of nitrogens with zero attached hydrogens (tertiary/aromatic N) is 1. The molecule has 0 aliphatic heterocycles. The van der Waals surface area contributed by atoms with Gasteiger partial charge in [0.2, 0.25) is 23.6 Å². The molecule has 15 nitrogen and oxygen atoms in total. The molecule has 0 bridgehead atoms. The SMILES string of the molecule is NC(=O)CC(NC(=O)C(CO)NC(=O)C(Cc1c[nH]c2ccccc12)NC(=O)C(N)Cc1cnc[nH]1)C(=O)O. The number of nitrogens with one attached hydrogen (secondary N) is 5. The van der Waals surface area contributed by atoms with E-state index in [0.717, 1.165) is 10.9 Å². The van der Waals surface area contributed by atoms with Gasteiger partial charge in [0.05, 0.1) is 25.4 Å². The van der Waals surface area contributed by atoms with Crippen LogP contribution in [0.25, 0.3) is 10.9 Å². The van der Waals surface area contributed by atoms with Crippen molar-refractivity contribution in [3.8, 4) is 0 Å². The van der Waals surface area contributed by atoms with Crippen LogP contribution in [0.15, 0.2) is 43.0 Å². The maximum Gasteiger partial charge on any atom is 0.326 e. The molecule has 0 radical (unpaired) electrons. The van der Waals surface area contributed by atoms with Crippen LogP contribution in [-0.4, -0.2) is 85.5 Å². The highest BCUT2D eigenvalue weighted by atomic mass is 16.4. The summed E-state index contributed by atoms with van der Waals surface area (Å²) in [5.74, 6) is -5.05. The predicted molar refractivity (Wildman–Crippen MR) is 137 cm³/mol. The Balaban J connectivity index is 1.77. The third-order valence-electron chi connectivity index (χ3n) is 5.90. The summed E-state index contributed by atoms with van der Waals surface area (Å²) in [5, 5.41) is 26.7. The Bertz CT molecular complexity index is 1320. The first-order valence-corrected chi connectivity index (χ1v) is 11.9. The number of aromatic nitrogens is 3. The van der Waals surface area contributed by atoms with Crippen molar-refractivity contribution < 1.29 is 34.2 Å². The average Bonchev–Trinajstić information content (AvgIpc) is 3.55. The maximum absolute atomic E-state index is 13.3. The standard InChI is InChI=1S/C24H30N8O7/c25-15(6-13-9-27-11-29-13)21(35)30-17(5-12-8-28-16-4-2-1-3-14(12)16)22(36)32-19(10-33)23(37)31-18(24(38)39)7-20(26)34/h1-4,8-9,11,15,17-19,28,33H,5-7,10,25H2,(H2,26,34)(H,27,29)(H,30,35)(H,31,37)(H,32,36)(H,38,39). The molecule has 4 amide bonds. The summed E-state index contributed by atoms with van der Waals surface area (Å²) in [7, 11) is 0. The monoisotopic (exact) mass is 542 g/mol. The van der Waals surface area contributed by atoms with Crippen molar-refractivity contribution in [3.05, 3.63) is 54.2 Å². The molecule has 208 valence electrons. The number of amides is 4. The summed E-state index contributed by atoms with van der Waals surface area (Å²) in [6, 6.07) is 1.79. The van der Waals surface area contributed by atoms with Gasteiger partial charge in [-0.25, -0.2) is 9.78 Å². The van der Waals surface area contributed by atoms with Crippen LogP contribution < -0.4 is 27.4 Å². The number of fused-ring (bicyclic) bond motifs is 1. The van der Waals surface area contributed by atoms with Crippen LogP contribution >= 0.6 is 0 Å². The number of H-pyrrole nitrogens is 2. The number of imidazole rings is 1. The van der Waals surface area contributed by atoms with E-state index < -0.39 is 66.8 Å². The summed E-state index contributed by atoms with van der Waals surface area (Å²) in [6.07, 6.45) is 4.05. The van der Waals surface area contributed by atoms with Crippen LogP contribution in [0.4, 0.5) is 0 Å². The number of carbonyl (C=O) groups excluding carboxylic acids is 4. The van der Waals surface area contributed by atoms with Gasteiger partial charge in [0.25, 0.3) is 0 Å². The number of aliphatic hydroxyl groups is 1. The number of carbonyl (C=O) groups is 5. The van der Waals surface area contributed by atoms with E-state index in [1.807, 2.05) is 24.3 Å². The Morgan fingerprint density at radius 1 is 0.923 bits per heavy atom. The number of primary amides is 1. The van der Waals surface area contributed by atoms with Crippen LogP contribution in [0.2, 0.25) is 0 Å². The zero-order valence-electron chi connectivity index (χ0n) is 20.7. The Hall–Kier alpha value is -4.76. The van der Waals surface area contributed by atoms with E-state index in [1.165, 1.54) is 12.5 Å². The molecule has 0 saturated heterocycles. The van der Waals surface area contributed by atoms with Crippen molar-refractivity contribution in [1.82, 2.24) is 30.9 Å². The molecular weight excluding hydrogens is 512 g/mol. The molecule has 2 heterocycles. The quantitative estimate of drug-likeness (QED) is 0.103. The lowest BCUT2D eigenvalue weighted by molar-refractivity contribution is -0.144. The Labute approximate surface area is 221 Å². The molecule has 11 N–H and O–H groups in total. The Morgan fingerprint density at radius 2 is 1.59 bits per heavy atom. The number of carboxylic acid groups (broad SMARTS) is 1. The van der Waals surface area contributed by atoms with Crippen molar-refractivity contribution in [1.29, 1.82) is 0 Å². The van der Waals surface area contributed by atoms with Gasteiger partial charge in [-0.05, 0) is 11.6 Å². The van der Waals surface area contributed by atoms with Crippen molar-refractivity contribution >= 4 is 40.5 Å². The van der Waals surface area contributed by atoms with Crippen LogP contribution in [0.1, 0.15) is 17.7 Å². The van der Waals surface area contributed by atoms with E-state index in [9.17, 15) is 34.2 Å². The smallest absolute Gasteiger partial charge is 0.326 e. The topological polar surface area (TPSA) is 258 Å². The number of hydrogen-bond donors (Lipinski definition) is 9.